The zero-order valence-electron chi connectivity index (χ0n) is 6.53. The van der Waals surface area contributed by atoms with Crippen molar-refractivity contribution in [1.29, 1.82) is 0 Å². The Morgan fingerprint density at radius 1 is 1.64 bits per heavy atom. The minimum Gasteiger partial charge on any atom is -0.405 e. The third kappa shape index (κ3) is 1.48. The molecule has 1 aromatic heterocycles. The van der Waals surface area contributed by atoms with E-state index in [1.807, 2.05) is 6.92 Å². The molecule has 0 fully saturated rings. The number of anilines is 1. The Balaban J connectivity index is 2.92. The van der Waals surface area contributed by atoms with Gasteiger partial charge in [0.05, 0.1) is 0 Å². The van der Waals surface area contributed by atoms with Crippen molar-refractivity contribution in [2.75, 3.05) is 5.73 Å². The van der Waals surface area contributed by atoms with Gasteiger partial charge in [-0.25, -0.2) is 0 Å². The molecule has 1 rings (SSSR count). The highest BCUT2D eigenvalue weighted by molar-refractivity contribution is 5.07. The lowest BCUT2D eigenvalue weighted by molar-refractivity contribution is 0.0252. The summed E-state index contributed by atoms with van der Waals surface area (Å²) < 4.78 is 4.84. The Hall–Kier alpha value is -1.10. The highest BCUT2D eigenvalue weighted by atomic mass is 16.4. The molecular formula is C6H11N3O2. The number of nitrogens with two attached hydrogens (primary N) is 1. The summed E-state index contributed by atoms with van der Waals surface area (Å²) in [6, 6.07) is -0.0197. The molecule has 3 N–H and O–H groups in total. The number of nitrogen functional groups attached to an aromatic ring is 1. The van der Waals surface area contributed by atoms with Gasteiger partial charge >= 0.3 is 6.01 Å². The van der Waals surface area contributed by atoms with Crippen LogP contribution in [-0.4, -0.2) is 15.3 Å². The highest BCUT2D eigenvalue weighted by Crippen LogP contribution is 2.22. The smallest absolute Gasteiger partial charge is 0.312 e. The summed E-state index contributed by atoms with van der Waals surface area (Å²) >= 11 is 0. The van der Waals surface area contributed by atoms with Gasteiger partial charge in [0.25, 0.3) is 0 Å². The van der Waals surface area contributed by atoms with Crippen LogP contribution in [-0.2, 0) is 5.60 Å². The van der Waals surface area contributed by atoms with E-state index in [1.165, 1.54) is 0 Å². The fourth-order valence-electron chi connectivity index (χ4n) is 0.603. The van der Waals surface area contributed by atoms with Gasteiger partial charge in [0, 0.05) is 0 Å². The van der Waals surface area contributed by atoms with Crippen molar-refractivity contribution in [2.24, 2.45) is 0 Å². The van der Waals surface area contributed by atoms with Gasteiger partial charge in [0.1, 0.15) is 5.60 Å². The first-order valence-electron chi connectivity index (χ1n) is 3.38. The average molecular weight is 157 g/mol. The van der Waals surface area contributed by atoms with Crippen molar-refractivity contribution >= 4 is 6.01 Å². The Morgan fingerprint density at radius 2 is 2.27 bits per heavy atom. The molecule has 0 bridgehead atoms. The van der Waals surface area contributed by atoms with E-state index in [0.717, 1.165) is 0 Å². The molecule has 0 amide bonds. The molecule has 0 saturated heterocycles. The maximum Gasteiger partial charge on any atom is 0.312 e. The van der Waals surface area contributed by atoms with Crippen LogP contribution in [0, 0.1) is 0 Å². The van der Waals surface area contributed by atoms with Gasteiger partial charge < -0.3 is 15.3 Å². The molecule has 1 aromatic rings. The highest BCUT2D eigenvalue weighted by Gasteiger charge is 2.26. The van der Waals surface area contributed by atoms with E-state index in [4.69, 9.17) is 10.2 Å². The van der Waals surface area contributed by atoms with Gasteiger partial charge in [-0.1, -0.05) is 12.0 Å². The summed E-state index contributed by atoms with van der Waals surface area (Å²) in [5, 5.41) is 16.6. The second-order valence-electron chi connectivity index (χ2n) is 2.57. The Bertz CT molecular complexity index is 244. The van der Waals surface area contributed by atoms with Crippen LogP contribution in [0.1, 0.15) is 26.2 Å². The van der Waals surface area contributed by atoms with Gasteiger partial charge in [-0.15, -0.1) is 5.10 Å². The summed E-state index contributed by atoms with van der Waals surface area (Å²) in [6.07, 6.45) is 0.509. The summed E-state index contributed by atoms with van der Waals surface area (Å²) in [5.41, 5.74) is 4.11. The summed E-state index contributed by atoms with van der Waals surface area (Å²) in [7, 11) is 0. The quantitative estimate of drug-likeness (QED) is 0.643. The lowest BCUT2D eigenvalue weighted by atomic mass is 10.0. The molecule has 0 saturated carbocycles. The molecule has 0 spiro atoms. The third-order valence-electron chi connectivity index (χ3n) is 1.59. The normalized spacial score (nSPS) is 16.3. The van der Waals surface area contributed by atoms with Crippen LogP contribution in [0.4, 0.5) is 6.01 Å². The van der Waals surface area contributed by atoms with Gasteiger partial charge in [-0.3, -0.25) is 0 Å². The maximum atomic E-state index is 9.56. The minimum absolute atomic E-state index is 0.0197. The second kappa shape index (κ2) is 2.50. The molecular weight excluding hydrogens is 146 g/mol. The van der Waals surface area contributed by atoms with E-state index in [9.17, 15) is 5.11 Å². The first kappa shape index (κ1) is 8.00. The molecule has 11 heavy (non-hydrogen) atoms. The van der Waals surface area contributed by atoms with Crippen molar-refractivity contribution in [3.63, 3.8) is 0 Å². The van der Waals surface area contributed by atoms with E-state index < -0.39 is 5.60 Å². The van der Waals surface area contributed by atoms with Crippen LogP contribution >= 0.6 is 0 Å². The first-order chi connectivity index (χ1) is 5.06. The Labute approximate surface area is 64.2 Å². The predicted octanol–water partition coefficient (Wildman–Crippen LogP) is 0.269. The number of nitrogens with zero attached hydrogens (tertiary/aromatic N) is 2. The van der Waals surface area contributed by atoms with E-state index in [0.29, 0.717) is 6.42 Å². The monoisotopic (exact) mass is 157 g/mol. The van der Waals surface area contributed by atoms with Gasteiger partial charge in [-0.2, -0.15) is 0 Å². The summed E-state index contributed by atoms with van der Waals surface area (Å²) in [6.45, 7) is 3.42. The number of rotatable bonds is 2. The molecule has 0 radical (unpaired) electrons. The molecule has 0 aliphatic rings. The lowest BCUT2D eigenvalue weighted by Crippen LogP contribution is -2.19. The van der Waals surface area contributed by atoms with Crippen molar-refractivity contribution in [1.82, 2.24) is 10.2 Å². The van der Waals surface area contributed by atoms with Gasteiger partial charge in [0.15, 0.2) is 0 Å². The van der Waals surface area contributed by atoms with E-state index in [1.54, 1.807) is 6.92 Å². The summed E-state index contributed by atoms with van der Waals surface area (Å²) in [4.78, 5) is 0. The maximum absolute atomic E-state index is 9.56. The Kier molecular flexibility index (Phi) is 1.82. The van der Waals surface area contributed by atoms with E-state index >= 15 is 0 Å². The number of aliphatic hydroxyl groups is 1. The van der Waals surface area contributed by atoms with Crippen LogP contribution in [0.25, 0.3) is 0 Å². The molecule has 1 heterocycles. The molecule has 0 aromatic carbocycles. The van der Waals surface area contributed by atoms with Gasteiger partial charge in [-0.05, 0) is 13.3 Å². The summed E-state index contributed by atoms with van der Waals surface area (Å²) in [5.74, 6) is 0.164. The van der Waals surface area contributed by atoms with Crippen LogP contribution in [0.5, 0.6) is 0 Å². The molecule has 1 atom stereocenters. The van der Waals surface area contributed by atoms with Crippen LogP contribution < -0.4 is 5.73 Å². The molecule has 1 unspecified atom stereocenters. The first-order valence-corrected chi connectivity index (χ1v) is 3.38. The zero-order valence-corrected chi connectivity index (χ0v) is 6.53. The van der Waals surface area contributed by atoms with Crippen molar-refractivity contribution in [2.45, 2.75) is 25.9 Å². The molecule has 0 aliphatic heterocycles. The fourth-order valence-corrected chi connectivity index (χ4v) is 0.603. The Morgan fingerprint density at radius 3 is 2.64 bits per heavy atom. The number of aromatic nitrogens is 2. The molecule has 5 heteroatoms. The molecule has 0 aliphatic carbocycles. The van der Waals surface area contributed by atoms with Crippen LogP contribution in [0.2, 0.25) is 0 Å². The van der Waals surface area contributed by atoms with Crippen molar-refractivity contribution < 1.29 is 9.52 Å². The van der Waals surface area contributed by atoms with Crippen molar-refractivity contribution in [3.05, 3.63) is 5.89 Å². The van der Waals surface area contributed by atoms with Crippen molar-refractivity contribution in [3.8, 4) is 0 Å². The van der Waals surface area contributed by atoms with Gasteiger partial charge in [0.2, 0.25) is 5.89 Å². The zero-order chi connectivity index (χ0) is 8.48. The third-order valence-corrected chi connectivity index (χ3v) is 1.59. The SMILES string of the molecule is CCC(C)(O)c1nnc(N)o1. The number of hydrogen-bond acceptors (Lipinski definition) is 5. The van der Waals surface area contributed by atoms with E-state index in [2.05, 4.69) is 10.2 Å². The average Bonchev–Trinajstić information content (AvgIpc) is 2.36. The van der Waals surface area contributed by atoms with E-state index in [-0.39, 0.29) is 11.9 Å². The largest absolute Gasteiger partial charge is 0.405 e. The number of hydrogen-bond donors (Lipinski definition) is 2. The molecule has 5 nitrogen and oxygen atoms in total. The lowest BCUT2D eigenvalue weighted by Gasteiger charge is -2.14. The molecule has 62 valence electrons. The topological polar surface area (TPSA) is 85.2 Å². The minimum atomic E-state index is -1.06. The standard InChI is InChI=1S/C6H11N3O2/c1-3-6(2,10)4-8-9-5(7)11-4/h10H,3H2,1-2H3,(H2,7,9). The van der Waals surface area contributed by atoms with Crippen LogP contribution in [0.3, 0.4) is 0 Å². The fraction of sp³-hybridized carbons (Fsp3) is 0.667. The predicted molar refractivity (Wildman–Crippen MR) is 38.6 cm³/mol. The van der Waals surface area contributed by atoms with Crippen LogP contribution in [0.15, 0.2) is 4.42 Å². The second-order valence-corrected chi connectivity index (χ2v) is 2.57.